The fraction of sp³-hybridized carbons (Fsp3) is 0.600. The van der Waals surface area contributed by atoms with Crippen LogP contribution in [0.2, 0.25) is 0 Å². The average molecular weight is 341 g/mol. The van der Waals surface area contributed by atoms with Gasteiger partial charge in [0.15, 0.2) is 0 Å². The Kier molecular flexibility index (Phi) is 5.54. The topological polar surface area (TPSA) is 55.2 Å². The Morgan fingerprint density at radius 1 is 1.40 bits per heavy atom. The van der Waals surface area contributed by atoms with E-state index >= 15 is 0 Å². The molecule has 1 fully saturated rings. The van der Waals surface area contributed by atoms with Crippen LogP contribution < -0.4 is 5.32 Å². The van der Waals surface area contributed by atoms with E-state index in [0.717, 1.165) is 17.4 Å². The van der Waals surface area contributed by atoms with Gasteiger partial charge in [-0.25, -0.2) is 0 Å². The van der Waals surface area contributed by atoms with Crippen LogP contribution in [0.5, 0.6) is 0 Å². The largest absolute Gasteiger partial charge is 0.314 e. The van der Waals surface area contributed by atoms with Gasteiger partial charge in [-0.2, -0.15) is 0 Å². The summed E-state index contributed by atoms with van der Waals surface area (Å²) in [4.78, 5) is 10.4. The van der Waals surface area contributed by atoms with Crippen LogP contribution in [0.3, 0.4) is 0 Å². The molecule has 0 aliphatic heterocycles. The lowest BCUT2D eigenvalue weighted by Gasteiger charge is -2.32. The third-order valence-corrected chi connectivity index (χ3v) is 4.84. The summed E-state index contributed by atoms with van der Waals surface area (Å²) in [6.45, 7) is 3.15. The first-order valence-corrected chi connectivity index (χ1v) is 8.07. The van der Waals surface area contributed by atoms with Gasteiger partial charge in [0, 0.05) is 22.6 Å². The third-order valence-electron chi connectivity index (χ3n) is 4.10. The summed E-state index contributed by atoms with van der Waals surface area (Å²) in [6.07, 6.45) is 6.05. The van der Waals surface area contributed by atoms with Gasteiger partial charge in [0.2, 0.25) is 0 Å². The zero-order chi connectivity index (χ0) is 14.5. The summed E-state index contributed by atoms with van der Waals surface area (Å²) in [5, 5.41) is 14.3. The highest BCUT2D eigenvalue weighted by Crippen LogP contribution is 2.31. The molecule has 0 bridgehead atoms. The molecule has 2 unspecified atom stereocenters. The Balaban J connectivity index is 2.09. The van der Waals surface area contributed by atoms with Gasteiger partial charge in [-0.1, -0.05) is 41.8 Å². The molecule has 2 rings (SSSR count). The highest BCUT2D eigenvalue weighted by Gasteiger charge is 2.25. The quantitative estimate of drug-likeness (QED) is 0.649. The summed E-state index contributed by atoms with van der Waals surface area (Å²) in [7, 11) is 0. The minimum Gasteiger partial charge on any atom is -0.314 e. The van der Waals surface area contributed by atoms with Crippen molar-refractivity contribution < 1.29 is 4.92 Å². The minimum atomic E-state index is -0.351. The van der Waals surface area contributed by atoms with Crippen molar-refractivity contribution in [3.05, 3.63) is 38.3 Å². The maximum Gasteiger partial charge on any atom is 0.270 e. The molecule has 0 aromatic heterocycles. The number of non-ortho nitro benzene ring substituents is 1. The number of halogens is 1. The molecule has 0 amide bonds. The van der Waals surface area contributed by atoms with Gasteiger partial charge in [-0.05, 0) is 37.3 Å². The van der Waals surface area contributed by atoms with E-state index in [4.69, 9.17) is 0 Å². The average Bonchev–Trinajstić information content (AvgIpc) is 2.43. The molecule has 0 saturated heterocycles. The lowest BCUT2D eigenvalue weighted by atomic mass is 9.80. The van der Waals surface area contributed by atoms with E-state index < -0.39 is 0 Å². The number of hydrogen-bond acceptors (Lipinski definition) is 3. The first kappa shape index (κ1) is 15.4. The molecule has 0 spiro atoms. The lowest BCUT2D eigenvalue weighted by molar-refractivity contribution is -0.384. The number of nitrogens with one attached hydrogen (secondary N) is 1. The number of rotatable bonds is 5. The van der Waals surface area contributed by atoms with Crippen LogP contribution >= 0.6 is 15.9 Å². The summed E-state index contributed by atoms with van der Waals surface area (Å²) in [5.74, 6) is 0.626. The van der Waals surface area contributed by atoms with Crippen LogP contribution in [-0.2, 0) is 6.42 Å². The second-order valence-corrected chi connectivity index (χ2v) is 6.30. The highest BCUT2D eigenvalue weighted by molar-refractivity contribution is 9.10. The molecular weight excluding hydrogens is 320 g/mol. The van der Waals surface area contributed by atoms with Crippen LogP contribution in [0.25, 0.3) is 0 Å². The van der Waals surface area contributed by atoms with Crippen molar-refractivity contribution in [1.29, 1.82) is 0 Å². The molecule has 110 valence electrons. The molecule has 1 aromatic rings. The molecule has 0 heterocycles. The number of nitrogens with zero attached hydrogens (tertiary/aromatic N) is 1. The number of benzene rings is 1. The van der Waals surface area contributed by atoms with Gasteiger partial charge >= 0.3 is 0 Å². The van der Waals surface area contributed by atoms with Crippen molar-refractivity contribution in [3.8, 4) is 0 Å². The van der Waals surface area contributed by atoms with Gasteiger partial charge in [0.1, 0.15) is 0 Å². The molecule has 1 aromatic carbocycles. The third kappa shape index (κ3) is 3.79. The SMILES string of the molecule is CCNC1CCCCC1Cc1ccc([N+](=O)[O-])cc1Br. The minimum absolute atomic E-state index is 0.146. The van der Waals surface area contributed by atoms with Crippen LogP contribution in [0.1, 0.15) is 38.2 Å². The number of hydrogen-bond donors (Lipinski definition) is 1. The molecular formula is C15H21BrN2O2. The Hall–Kier alpha value is -0.940. The van der Waals surface area contributed by atoms with Crippen LogP contribution in [-0.4, -0.2) is 17.5 Å². The first-order chi connectivity index (χ1) is 9.61. The molecule has 1 saturated carbocycles. The lowest BCUT2D eigenvalue weighted by Crippen LogP contribution is -2.39. The molecule has 20 heavy (non-hydrogen) atoms. The smallest absolute Gasteiger partial charge is 0.270 e. The van der Waals surface area contributed by atoms with Crippen molar-refractivity contribution in [3.63, 3.8) is 0 Å². The molecule has 4 nitrogen and oxygen atoms in total. The van der Waals surface area contributed by atoms with Crippen molar-refractivity contribution in [1.82, 2.24) is 5.32 Å². The van der Waals surface area contributed by atoms with Gasteiger partial charge < -0.3 is 5.32 Å². The van der Waals surface area contributed by atoms with E-state index in [1.807, 2.05) is 6.07 Å². The molecule has 1 aliphatic carbocycles. The Labute approximate surface area is 128 Å². The van der Waals surface area contributed by atoms with Crippen LogP contribution in [0, 0.1) is 16.0 Å². The van der Waals surface area contributed by atoms with Crippen molar-refractivity contribution in [2.24, 2.45) is 5.92 Å². The Morgan fingerprint density at radius 3 is 2.80 bits per heavy atom. The molecule has 5 heteroatoms. The van der Waals surface area contributed by atoms with Crippen molar-refractivity contribution in [2.45, 2.75) is 45.1 Å². The molecule has 1 aliphatic rings. The van der Waals surface area contributed by atoms with Gasteiger partial charge in [0.25, 0.3) is 5.69 Å². The van der Waals surface area contributed by atoms with Gasteiger partial charge in [-0.3, -0.25) is 10.1 Å². The number of nitro benzene ring substituents is 1. The zero-order valence-corrected chi connectivity index (χ0v) is 13.4. The summed E-state index contributed by atoms with van der Waals surface area (Å²) >= 11 is 3.48. The van der Waals surface area contributed by atoms with E-state index in [1.54, 1.807) is 12.1 Å². The molecule has 0 radical (unpaired) electrons. The van der Waals surface area contributed by atoms with Crippen LogP contribution in [0.15, 0.2) is 22.7 Å². The first-order valence-electron chi connectivity index (χ1n) is 7.28. The zero-order valence-electron chi connectivity index (χ0n) is 11.8. The molecule has 2 atom stereocenters. The predicted octanol–water partition coefficient (Wildman–Crippen LogP) is 4.07. The van der Waals surface area contributed by atoms with Gasteiger partial charge in [-0.15, -0.1) is 0 Å². The number of nitro groups is 1. The fourth-order valence-electron chi connectivity index (χ4n) is 3.08. The van der Waals surface area contributed by atoms with Crippen molar-refractivity contribution in [2.75, 3.05) is 6.54 Å². The summed E-state index contributed by atoms with van der Waals surface area (Å²) < 4.78 is 0.854. The predicted molar refractivity (Wildman–Crippen MR) is 83.9 cm³/mol. The molecule has 1 N–H and O–H groups in total. The van der Waals surface area contributed by atoms with E-state index in [-0.39, 0.29) is 10.6 Å². The Bertz CT molecular complexity index is 477. The van der Waals surface area contributed by atoms with E-state index in [0.29, 0.717) is 12.0 Å². The summed E-state index contributed by atoms with van der Waals surface area (Å²) in [6, 6.07) is 5.68. The second-order valence-electron chi connectivity index (χ2n) is 5.45. The van der Waals surface area contributed by atoms with E-state index in [2.05, 4.69) is 28.2 Å². The van der Waals surface area contributed by atoms with Crippen LogP contribution in [0.4, 0.5) is 5.69 Å². The Morgan fingerprint density at radius 2 is 2.15 bits per heavy atom. The maximum atomic E-state index is 10.8. The second kappa shape index (κ2) is 7.18. The summed E-state index contributed by atoms with van der Waals surface area (Å²) in [5.41, 5.74) is 1.32. The van der Waals surface area contributed by atoms with E-state index in [1.165, 1.54) is 31.2 Å². The monoisotopic (exact) mass is 340 g/mol. The highest BCUT2D eigenvalue weighted by atomic mass is 79.9. The fourth-order valence-corrected chi connectivity index (χ4v) is 3.61. The maximum absolute atomic E-state index is 10.8. The van der Waals surface area contributed by atoms with Gasteiger partial charge in [0.05, 0.1) is 4.92 Å². The standard InChI is InChI=1S/C15H21BrN2O2/c1-2-17-15-6-4-3-5-12(15)9-11-7-8-13(18(19)20)10-14(11)16/h7-8,10,12,15,17H,2-6,9H2,1H3. The normalized spacial score (nSPS) is 22.7. The van der Waals surface area contributed by atoms with E-state index in [9.17, 15) is 10.1 Å². The van der Waals surface area contributed by atoms with Crippen molar-refractivity contribution >= 4 is 21.6 Å².